The molecule has 10 nitrogen and oxygen atoms in total. The van der Waals surface area contributed by atoms with E-state index in [2.05, 4.69) is 26.8 Å². The largest absolute Gasteiger partial charge is 0.367 e. The predicted octanol–water partition coefficient (Wildman–Crippen LogP) is 2.86. The molecule has 0 aliphatic heterocycles. The van der Waals surface area contributed by atoms with E-state index < -0.39 is 38.7 Å². The zero-order chi connectivity index (χ0) is 25.2. The number of H-pyrrole nitrogens is 1. The molecule has 0 saturated carbocycles. The lowest BCUT2D eigenvalue weighted by Gasteiger charge is -2.14. The van der Waals surface area contributed by atoms with E-state index in [-0.39, 0.29) is 27.5 Å². The van der Waals surface area contributed by atoms with Gasteiger partial charge in [-0.3, -0.25) is 9.52 Å². The molecule has 2 aromatic heterocycles. The van der Waals surface area contributed by atoms with Gasteiger partial charge in [0, 0.05) is 25.5 Å². The van der Waals surface area contributed by atoms with Crippen molar-refractivity contribution < 1.29 is 22.0 Å². The number of sulfonamides is 1. The van der Waals surface area contributed by atoms with Gasteiger partial charge in [-0.2, -0.15) is 0 Å². The van der Waals surface area contributed by atoms with E-state index in [0.717, 1.165) is 29.4 Å². The molecule has 5 N–H and O–H groups in total. The summed E-state index contributed by atoms with van der Waals surface area (Å²) < 4.78 is 57.2. The number of hydrazine groups is 1. The minimum absolute atomic E-state index is 0.0539. The molecule has 13 heteroatoms. The van der Waals surface area contributed by atoms with Gasteiger partial charge in [0.2, 0.25) is 5.78 Å². The van der Waals surface area contributed by atoms with Crippen molar-refractivity contribution in [3.05, 3.63) is 71.2 Å². The van der Waals surface area contributed by atoms with Crippen molar-refractivity contribution in [1.29, 1.82) is 0 Å². The Balaban J connectivity index is 2.10. The van der Waals surface area contributed by atoms with Crippen LogP contribution in [0, 0.1) is 11.6 Å². The third kappa shape index (κ3) is 4.89. The van der Waals surface area contributed by atoms with Crippen molar-refractivity contribution in [2.45, 2.75) is 19.9 Å². The van der Waals surface area contributed by atoms with Crippen LogP contribution in [0.1, 0.15) is 29.8 Å². The number of nitrogens with zero attached hydrogens (tertiary/aromatic N) is 3. The Morgan fingerprint density at radius 3 is 2.62 bits per heavy atom. The highest BCUT2D eigenvalue weighted by Gasteiger charge is 2.27. The van der Waals surface area contributed by atoms with Crippen LogP contribution >= 0.6 is 0 Å². The standard InChI is InChI=1S/C21H23F2N7O3S/c1-5-12(9-30(4)24)34(32,33)29-15-7-6-14(22)17(18(15)23)19(31)13-8-25-20-16(13)21(27-10-26-20)28-11(2)3/h5-11,29H,1,24H2,2-4H3,(H2,25,26,27,28)/b12-9+. The maximum atomic E-state index is 15.3. The molecule has 0 spiro atoms. The number of allylic oxidation sites excluding steroid dienone is 1. The fraction of sp³-hybridized carbons (Fsp3) is 0.190. The van der Waals surface area contributed by atoms with Crippen LogP contribution in [0.3, 0.4) is 0 Å². The zero-order valence-electron chi connectivity index (χ0n) is 18.6. The lowest BCUT2D eigenvalue weighted by molar-refractivity contribution is 0.103. The maximum Gasteiger partial charge on any atom is 0.263 e. The molecule has 0 fully saturated rings. The van der Waals surface area contributed by atoms with Crippen LogP contribution < -0.4 is 15.9 Å². The van der Waals surface area contributed by atoms with Gasteiger partial charge in [0.05, 0.1) is 22.2 Å². The van der Waals surface area contributed by atoms with Gasteiger partial charge in [-0.05, 0) is 32.1 Å². The molecular formula is C21H23F2N7O3S. The number of aromatic amines is 1. The summed E-state index contributed by atoms with van der Waals surface area (Å²) >= 11 is 0. The van der Waals surface area contributed by atoms with E-state index in [0.29, 0.717) is 5.82 Å². The molecule has 0 saturated heterocycles. The number of aromatic nitrogens is 3. The van der Waals surface area contributed by atoms with Crippen molar-refractivity contribution in [3.63, 3.8) is 0 Å². The summed E-state index contributed by atoms with van der Waals surface area (Å²) in [6.07, 6.45) is 4.57. The average Bonchev–Trinajstić information content (AvgIpc) is 3.18. The van der Waals surface area contributed by atoms with Gasteiger partial charge in [-0.1, -0.05) is 6.58 Å². The zero-order valence-corrected chi connectivity index (χ0v) is 19.4. The lowest BCUT2D eigenvalue weighted by Crippen LogP contribution is -2.23. The number of carbonyl (C=O) groups excluding carboxylic acids is 1. The first-order valence-electron chi connectivity index (χ1n) is 9.92. The summed E-state index contributed by atoms with van der Waals surface area (Å²) in [5, 5.41) is 4.27. The summed E-state index contributed by atoms with van der Waals surface area (Å²) in [5.74, 6) is 2.16. The average molecular weight is 492 g/mol. The SMILES string of the molecule is C=C/C(=C\N(C)N)S(=O)(=O)Nc1ccc(F)c(C(=O)c2c[nH]c3ncnc(NC(C)C)c23)c1F. The second kappa shape index (κ2) is 9.57. The molecule has 0 amide bonds. The summed E-state index contributed by atoms with van der Waals surface area (Å²) in [5.41, 5.74) is -1.38. The first-order chi connectivity index (χ1) is 16.0. The Kier molecular flexibility index (Phi) is 6.98. The van der Waals surface area contributed by atoms with Crippen LogP contribution in [0.15, 0.2) is 48.4 Å². The van der Waals surface area contributed by atoms with Gasteiger partial charge in [0.25, 0.3) is 10.0 Å². The molecule has 1 aromatic carbocycles. The van der Waals surface area contributed by atoms with Gasteiger partial charge in [0.15, 0.2) is 5.82 Å². The number of benzene rings is 1. The van der Waals surface area contributed by atoms with Crippen LogP contribution in [0.25, 0.3) is 11.0 Å². The predicted molar refractivity (Wildman–Crippen MR) is 125 cm³/mol. The van der Waals surface area contributed by atoms with Crippen molar-refractivity contribution >= 4 is 38.3 Å². The summed E-state index contributed by atoms with van der Waals surface area (Å²) in [6, 6.07) is 1.61. The summed E-state index contributed by atoms with van der Waals surface area (Å²) in [4.78, 5) is 23.8. The molecule has 0 radical (unpaired) electrons. The van der Waals surface area contributed by atoms with Gasteiger partial charge >= 0.3 is 0 Å². The van der Waals surface area contributed by atoms with Crippen LogP contribution in [0.4, 0.5) is 20.3 Å². The summed E-state index contributed by atoms with van der Waals surface area (Å²) in [7, 11) is -2.97. The van der Waals surface area contributed by atoms with E-state index in [4.69, 9.17) is 5.84 Å². The Bertz CT molecular complexity index is 1400. The van der Waals surface area contributed by atoms with Gasteiger partial charge in [0.1, 0.15) is 28.5 Å². The number of nitrogens with one attached hydrogen (secondary N) is 3. The van der Waals surface area contributed by atoms with Gasteiger partial charge in [-0.25, -0.2) is 33.0 Å². The number of anilines is 2. The number of rotatable bonds is 9. The maximum absolute atomic E-state index is 15.3. The van der Waals surface area contributed by atoms with Crippen molar-refractivity contribution in [1.82, 2.24) is 20.0 Å². The monoisotopic (exact) mass is 491 g/mol. The smallest absolute Gasteiger partial charge is 0.263 e. The second-order valence-corrected chi connectivity index (χ2v) is 9.25. The number of carbonyl (C=O) groups is 1. The van der Waals surface area contributed by atoms with Crippen LogP contribution in [-0.2, 0) is 10.0 Å². The molecule has 0 atom stereocenters. The Morgan fingerprint density at radius 1 is 1.29 bits per heavy atom. The van der Waals surface area contributed by atoms with E-state index in [1.807, 2.05) is 18.6 Å². The minimum atomic E-state index is -4.35. The molecule has 2 heterocycles. The van der Waals surface area contributed by atoms with Gasteiger partial charge in [-0.15, -0.1) is 0 Å². The van der Waals surface area contributed by atoms with Crippen LogP contribution in [-0.4, -0.2) is 47.3 Å². The highest BCUT2D eigenvalue weighted by atomic mass is 32.2. The van der Waals surface area contributed by atoms with E-state index >= 15 is 4.39 Å². The van der Waals surface area contributed by atoms with Crippen molar-refractivity contribution in [3.8, 4) is 0 Å². The minimum Gasteiger partial charge on any atom is -0.367 e. The number of nitrogens with two attached hydrogens (primary N) is 1. The molecule has 0 aliphatic carbocycles. The van der Waals surface area contributed by atoms with E-state index in [1.165, 1.54) is 19.6 Å². The van der Waals surface area contributed by atoms with Crippen LogP contribution in [0.5, 0.6) is 0 Å². The fourth-order valence-corrected chi connectivity index (χ4v) is 4.22. The Morgan fingerprint density at radius 2 is 2.00 bits per heavy atom. The highest BCUT2D eigenvalue weighted by molar-refractivity contribution is 7.96. The second-order valence-electron chi connectivity index (χ2n) is 7.57. The molecule has 180 valence electrons. The number of halogens is 2. The molecule has 34 heavy (non-hydrogen) atoms. The van der Waals surface area contributed by atoms with Crippen molar-refractivity contribution in [2.75, 3.05) is 17.1 Å². The number of ketones is 1. The normalized spacial score (nSPS) is 12.1. The first kappa shape index (κ1) is 24.8. The summed E-state index contributed by atoms with van der Waals surface area (Å²) in [6.45, 7) is 7.10. The van der Waals surface area contributed by atoms with Crippen molar-refractivity contribution in [2.24, 2.45) is 5.84 Å². The quantitative estimate of drug-likeness (QED) is 0.155. The molecule has 0 aliphatic rings. The molecule has 3 rings (SSSR count). The Hall–Kier alpha value is -3.84. The first-order valence-corrected chi connectivity index (χ1v) is 11.4. The molecular weight excluding hydrogens is 468 g/mol. The molecule has 0 unspecified atom stereocenters. The van der Waals surface area contributed by atoms with E-state index in [1.54, 1.807) is 0 Å². The van der Waals surface area contributed by atoms with Crippen LogP contribution in [0.2, 0.25) is 0 Å². The fourth-order valence-electron chi connectivity index (χ4n) is 3.14. The molecule has 0 bridgehead atoms. The van der Waals surface area contributed by atoms with Gasteiger partial charge < -0.3 is 15.3 Å². The number of hydrogen-bond acceptors (Lipinski definition) is 8. The third-order valence-electron chi connectivity index (χ3n) is 4.54. The number of fused-ring (bicyclic) bond motifs is 1. The topological polar surface area (TPSA) is 146 Å². The third-order valence-corrected chi connectivity index (χ3v) is 5.93. The Labute approximate surface area is 194 Å². The number of hydrogen-bond donors (Lipinski definition) is 4. The molecule has 3 aromatic rings. The highest BCUT2D eigenvalue weighted by Crippen LogP contribution is 2.30. The lowest BCUT2D eigenvalue weighted by atomic mass is 10.0. The van der Waals surface area contributed by atoms with E-state index in [9.17, 15) is 17.6 Å².